The Labute approximate surface area is 124 Å². The highest BCUT2D eigenvalue weighted by Crippen LogP contribution is 2.35. The van der Waals surface area contributed by atoms with Gasteiger partial charge in [-0.2, -0.15) is 5.10 Å². The van der Waals surface area contributed by atoms with E-state index in [2.05, 4.69) is 18.9 Å². The maximum absolute atomic E-state index is 11.7. The Morgan fingerprint density at radius 2 is 1.84 bits per heavy atom. The topological polar surface area (TPSA) is 52.0 Å². The fourth-order valence-electron chi connectivity index (χ4n) is 1.66. The Morgan fingerprint density at radius 1 is 1.32 bits per heavy atom. The smallest absolute Gasteiger partial charge is 0.252 e. The summed E-state index contributed by atoms with van der Waals surface area (Å²) in [5.74, 6) is 0.481. The second kappa shape index (κ2) is 5.62. The van der Waals surface area contributed by atoms with Gasteiger partial charge in [-0.25, -0.2) is 8.42 Å². The third kappa shape index (κ3) is 4.10. The molecule has 4 nitrogen and oxygen atoms in total. The molecule has 0 fully saturated rings. The molecule has 0 aliphatic carbocycles. The van der Waals surface area contributed by atoms with Gasteiger partial charge >= 0.3 is 0 Å². The van der Waals surface area contributed by atoms with Crippen molar-refractivity contribution >= 4 is 31.3 Å². The third-order valence-corrected chi connectivity index (χ3v) is 4.56. The molecule has 0 N–H and O–H groups in total. The van der Waals surface area contributed by atoms with Gasteiger partial charge in [0.1, 0.15) is 10.0 Å². The van der Waals surface area contributed by atoms with Gasteiger partial charge in [-0.1, -0.05) is 46.2 Å². The summed E-state index contributed by atoms with van der Waals surface area (Å²) in [5.41, 5.74) is -0.0273. The fraction of sp³-hybridized carbons (Fsp3) is 0.750. The number of aromatic nitrogens is 2. The molecule has 0 aromatic carbocycles. The monoisotopic (exact) mass is 326 g/mol. The van der Waals surface area contributed by atoms with Gasteiger partial charge in [0.05, 0.1) is 5.69 Å². The second-order valence-corrected chi connectivity index (χ2v) is 8.92. The fourth-order valence-corrected chi connectivity index (χ4v) is 3.62. The molecule has 0 aliphatic rings. The van der Waals surface area contributed by atoms with Crippen LogP contribution in [0.2, 0.25) is 5.15 Å². The van der Waals surface area contributed by atoms with Crippen LogP contribution in [0.4, 0.5) is 0 Å². The molecule has 0 atom stereocenters. The van der Waals surface area contributed by atoms with E-state index < -0.39 is 14.5 Å². The minimum absolute atomic E-state index is 0.0629. The summed E-state index contributed by atoms with van der Waals surface area (Å²) in [7, 11) is 1.58. The van der Waals surface area contributed by atoms with Crippen molar-refractivity contribution in [3.05, 3.63) is 10.8 Å². The van der Waals surface area contributed by atoms with Crippen LogP contribution in [0.25, 0.3) is 0 Å². The molecule has 0 saturated heterocycles. The van der Waals surface area contributed by atoms with Crippen LogP contribution in [0.3, 0.4) is 0 Å². The van der Waals surface area contributed by atoms with Crippen LogP contribution in [-0.2, 0) is 21.0 Å². The van der Waals surface area contributed by atoms with Gasteiger partial charge in [-0.15, -0.1) is 0 Å². The molecular formula is C12H20Cl2N2O2S. The lowest BCUT2D eigenvalue weighted by atomic mass is 9.92. The summed E-state index contributed by atoms with van der Waals surface area (Å²) in [6.45, 7) is 10.4. The highest BCUT2D eigenvalue weighted by Gasteiger charge is 2.32. The zero-order valence-electron chi connectivity index (χ0n) is 11.9. The lowest BCUT2D eigenvalue weighted by molar-refractivity contribution is 0.472. The van der Waals surface area contributed by atoms with E-state index in [1.54, 1.807) is 0 Å². The first-order valence-corrected chi connectivity index (χ1v) is 8.84. The first-order chi connectivity index (χ1) is 8.44. The average Bonchev–Trinajstić information content (AvgIpc) is 2.51. The minimum atomic E-state index is -3.91. The zero-order chi connectivity index (χ0) is 15.0. The number of hydrogen-bond acceptors (Lipinski definition) is 3. The summed E-state index contributed by atoms with van der Waals surface area (Å²) < 4.78 is 24.9. The van der Waals surface area contributed by atoms with Crippen molar-refractivity contribution in [1.82, 2.24) is 9.78 Å². The van der Waals surface area contributed by atoms with Crippen LogP contribution >= 0.6 is 22.3 Å². The van der Waals surface area contributed by atoms with E-state index in [1.165, 1.54) is 4.68 Å². The zero-order valence-corrected chi connectivity index (χ0v) is 14.2. The highest BCUT2D eigenvalue weighted by atomic mass is 35.7. The van der Waals surface area contributed by atoms with Crippen molar-refractivity contribution in [1.29, 1.82) is 0 Å². The maximum atomic E-state index is 11.7. The summed E-state index contributed by atoms with van der Waals surface area (Å²) >= 11 is 6.14. The quantitative estimate of drug-likeness (QED) is 0.790. The Balaban J connectivity index is 3.36. The number of hydrogen-bond donors (Lipinski definition) is 0. The van der Waals surface area contributed by atoms with Crippen LogP contribution in [0.1, 0.15) is 46.7 Å². The lowest BCUT2D eigenvalue weighted by Crippen LogP contribution is -2.15. The first kappa shape index (κ1) is 16.8. The maximum Gasteiger partial charge on any atom is 0.266 e. The molecule has 1 rings (SSSR count). The van der Waals surface area contributed by atoms with Crippen molar-refractivity contribution in [2.24, 2.45) is 5.92 Å². The van der Waals surface area contributed by atoms with Gasteiger partial charge in [0, 0.05) is 22.6 Å². The largest absolute Gasteiger partial charge is 0.266 e. The number of aryl methyl sites for hydroxylation is 1. The summed E-state index contributed by atoms with van der Waals surface area (Å²) in [5, 5.41) is 4.44. The Hall–Kier alpha value is -0.260. The molecule has 0 amide bonds. The molecule has 0 aliphatic heterocycles. The second-order valence-electron chi connectivity index (χ2n) is 6.06. The normalized spacial score (nSPS) is 13.3. The first-order valence-electron chi connectivity index (χ1n) is 6.16. The predicted molar refractivity (Wildman–Crippen MR) is 78.4 cm³/mol. The number of rotatable bonds is 4. The molecule has 7 heteroatoms. The van der Waals surface area contributed by atoms with Crippen LogP contribution in [0.15, 0.2) is 4.90 Å². The van der Waals surface area contributed by atoms with Gasteiger partial charge in [0.25, 0.3) is 9.05 Å². The van der Waals surface area contributed by atoms with Crippen LogP contribution in [0.5, 0.6) is 0 Å². The van der Waals surface area contributed by atoms with Crippen molar-refractivity contribution < 1.29 is 8.42 Å². The van der Waals surface area contributed by atoms with Crippen molar-refractivity contribution in [3.8, 4) is 0 Å². The van der Waals surface area contributed by atoms with Crippen LogP contribution in [-0.4, -0.2) is 18.2 Å². The standard InChI is InChI=1S/C12H20Cl2N2O2S/c1-8(2)6-7-16-11(13)9(19(14,17)18)10(15-16)12(3,4)5/h8H,6-7H2,1-5H3. The Bertz CT molecular complexity index is 557. The molecule has 110 valence electrons. The molecular weight excluding hydrogens is 307 g/mol. The Morgan fingerprint density at radius 3 is 2.16 bits per heavy atom. The molecule has 1 aromatic rings. The molecule has 19 heavy (non-hydrogen) atoms. The van der Waals surface area contributed by atoms with E-state index in [0.29, 0.717) is 18.2 Å². The predicted octanol–water partition coefficient (Wildman–Crippen LogP) is 3.81. The molecule has 1 aromatic heterocycles. The van der Waals surface area contributed by atoms with Gasteiger partial charge in [-0.05, 0) is 12.3 Å². The van der Waals surface area contributed by atoms with Crippen molar-refractivity contribution in [3.63, 3.8) is 0 Å². The summed E-state index contributed by atoms with van der Waals surface area (Å²) in [6, 6.07) is 0. The number of nitrogens with zero attached hydrogens (tertiary/aromatic N) is 2. The van der Waals surface area contributed by atoms with E-state index >= 15 is 0 Å². The van der Waals surface area contributed by atoms with E-state index in [0.717, 1.165) is 6.42 Å². The van der Waals surface area contributed by atoms with Gasteiger partial charge in [-0.3, -0.25) is 4.68 Å². The Kier molecular flexibility index (Phi) is 4.97. The molecule has 0 spiro atoms. The van der Waals surface area contributed by atoms with Gasteiger partial charge < -0.3 is 0 Å². The van der Waals surface area contributed by atoms with E-state index in [-0.39, 0.29) is 10.0 Å². The van der Waals surface area contributed by atoms with Crippen molar-refractivity contribution in [2.45, 2.75) is 57.9 Å². The molecule has 0 bridgehead atoms. The van der Waals surface area contributed by atoms with Gasteiger partial charge in [0.15, 0.2) is 0 Å². The lowest BCUT2D eigenvalue weighted by Gasteiger charge is -2.16. The number of halogens is 2. The molecule has 0 unspecified atom stereocenters. The summed E-state index contributed by atoms with van der Waals surface area (Å²) in [4.78, 5) is -0.0629. The van der Waals surface area contributed by atoms with Crippen molar-refractivity contribution in [2.75, 3.05) is 0 Å². The minimum Gasteiger partial charge on any atom is -0.252 e. The van der Waals surface area contributed by atoms with E-state index in [4.69, 9.17) is 22.3 Å². The summed E-state index contributed by atoms with van der Waals surface area (Å²) in [6.07, 6.45) is 0.868. The van der Waals surface area contributed by atoms with Crippen LogP contribution < -0.4 is 0 Å². The SMILES string of the molecule is CC(C)CCn1nc(C(C)(C)C)c(S(=O)(=O)Cl)c1Cl. The van der Waals surface area contributed by atoms with Gasteiger partial charge in [0.2, 0.25) is 0 Å². The van der Waals surface area contributed by atoms with E-state index in [1.807, 2.05) is 20.8 Å². The molecule has 0 radical (unpaired) electrons. The molecule has 0 saturated carbocycles. The van der Waals surface area contributed by atoms with Crippen LogP contribution in [0, 0.1) is 5.92 Å². The molecule has 1 heterocycles. The highest BCUT2D eigenvalue weighted by molar-refractivity contribution is 8.13. The average molecular weight is 327 g/mol. The van der Waals surface area contributed by atoms with E-state index in [9.17, 15) is 8.42 Å². The third-order valence-electron chi connectivity index (χ3n) is 2.72.